The van der Waals surface area contributed by atoms with E-state index in [1.54, 1.807) is 0 Å². The number of halogens is 2. The van der Waals surface area contributed by atoms with Crippen LogP contribution in [0.3, 0.4) is 0 Å². The molecule has 0 aliphatic heterocycles. The molecule has 1 aromatic rings. The molecule has 98 valence electrons. The van der Waals surface area contributed by atoms with Crippen molar-refractivity contribution in [2.75, 3.05) is 5.32 Å². The first-order valence-electron chi connectivity index (χ1n) is 6.08. The maximum absolute atomic E-state index is 12.2. The molecular weight excluding hydrogens is 360 g/mol. The standard InChI is InChI=1S/C13H16Br2N2O/c14-10-5-2-6-11(15)12(10)17-13(18)8-3-1-4-9(16)7-8/h2,5-6,8-9H,1,3-4,7,16H2,(H,17,18). The SMILES string of the molecule is NC1CCCC(C(=O)Nc2c(Br)cccc2Br)C1. The molecule has 1 fully saturated rings. The lowest BCUT2D eigenvalue weighted by Crippen LogP contribution is -2.34. The summed E-state index contributed by atoms with van der Waals surface area (Å²) in [5.41, 5.74) is 6.71. The molecular formula is C13H16Br2N2O. The maximum atomic E-state index is 12.2. The minimum Gasteiger partial charge on any atom is -0.328 e. The number of carbonyl (C=O) groups excluding carboxylic acids is 1. The molecule has 2 unspecified atom stereocenters. The van der Waals surface area contributed by atoms with E-state index in [0.29, 0.717) is 0 Å². The fraction of sp³-hybridized carbons (Fsp3) is 0.462. The van der Waals surface area contributed by atoms with Gasteiger partial charge >= 0.3 is 0 Å². The molecule has 0 aromatic heterocycles. The quantitative estimate of drug-likeness (QED) is 0.828. The molecule has 18 heavy (non-hydrogen) atoms. The summed E-state index contributed by atoms with van der Waals surface area (Å²) in [6, 6.07) is 5.90. The zero-order chi connectivity index (χ0) is 13.1. The van der Waals surface area contributed by atoms with Crippen LogP contribution in [0.1, 0.15) is 25.7 Å². The molecule has 0 heterocycles. The number of carbonyl (C=O) groups is 1. The van der Waals surface area contributed by atoms with E-state index in [1.165, 1.54) is 0 Å². The molecule has 1 saturated carbocycles. The second-order valence-corrected chi connectivity index (χ2v) is 6.42. The fourth-order valence-electron chi connectivity index (χ4n) is 2.31. The molecule has 1 aromatic carbocycles. The molecule has 0 bridgehead atoms. The van der Waals surface area contributed by atoms with Gasteiger partial charge in [0.1, 0.15) is 0 Å². The van der Waals surface area contributed by atoms with Crippen molar-refractivity contribution in [3.63, 3.8) is 0 Å². The number of rotatable bonds is 2. The first kappa shape index (κ1) is 14.0. The van der Waals surface area contributed by atoms with Gasteiger partial charge in [0.05, 0.1) is 5.69 Å². The third-order valence-corrected chi connectivity index (χ3v) is 4.62. The van der Waals surface area contributed by atoms with Crippen LogP contribution in [0.5, 0.6) is 0 Å². The van der Waals surface area contributed by atoms with Gasteiger partial charge in [-0.2, -0.15) is 0 Å². The lowest BCUT2D eigenvalue weighted by molar-refractivity contribution is -0.120. The lowest BCUT2D eigenvalue weighted by atomic mass is 9.85. The van der Waals surface area contributed by atoms with Crippen molar-refractivity contribution in [3.05, 3.63) is 27.1 Å². The number of nitrogens with two attached hydrogens (primary N) is 1. The molecule has 2 atom stereocenters. The van der Waals surface area contributed by atoms with Crippen LogP contribution in [0, 0.1) is 5.92 Å². The van der Waals surface area contributed by atoms with Crippen LogP contribution in [0.15, 0.2) is 27.1 Å². The highest BCUT2D eigenvalue weighted by Crippen LogP contribution is 2.32. The van der Waals surface area contributed by atoms with Crippen LogP contribution < -0.4 is 11.1 Å². The topological polar surface area (TPSA) is 55.1 Å². The molecule has 2 rings (SSSR count). The van der Waals surface area contributed by atoms with Crippen molar-refractivity contribution in [2.24, 2.45) is 11.7 Å². The van der Waals surface area contributed by atoms with Crippen molar-refractivity contribution in [1.29, 1.82) is 0 Å². The Morgan fingerprint density at radius 2 is 1.94 bits per heavy atom. The van der Waals surface area contributed by atoms with E-state index in [9.17, 15) is 4.79 Å². The monoisotopic (exact) mass is 374 g/mol. The maximum Gasteiger partial charge on any atom is 0.227 e. The Balaban J connectivity index is 2.07. The predicted octanol–water partition coefficient (Wildman–Crippen LogP) is 3.67. The lowest BCUT2D eigenvalue weighted by Gasteiger charge is -2.26. The van der Waals surface area contributed by atoms with Crippen molar-refractivity contribution in [3.8, 4) is 0 Å². The van der Waals surface area contributed by atoms with E-state index in [4.69, 9.17) is 5.73 Å². The zero-order valence-corrected chi connectivity index (χ0v) is 13.1. The van der Waals surface area contributed by atoms with E-state index in [0.717, 1.165) is 40.3 Å². The number of benzene rings is 1. The molecule has 5 heteroatoms. The first-order valence-corrected chi connectivity index (χ1v) is 7.67. The van der Waals surface area contributed by atoms with E-state index in [2.05, 4.69) is 37.2 Å². The van der Waals surface area contributed by atoms with Crippen LogP contribution in [0.2, 0.25) is 0 Å². The van der Waals surface area contributed by atoms with Crippen molar-refractivity contribution in [1.82, 2.24) is 0 Å². The molecule has 3 N–H and O–H groups in total. The molecule has 3 nitrogen and oxygen atoms in total. The summed E-state index contributed by atoms with van der Waals surface area (Å²) in [6.45, 7) is 0. The van der Waals surface area contributed by atoms with Crippen LogP contribution >= 0.6 is 31.9 Å². The van der Waals surface area contributed by atoms with Crippen molar-refractivity contribution < 1.29 is 4.79 Å². The van der Waals surface area contributed by atoms with Crippen LogP contribution in [-0.2, 0) is 4.79 Å². The average molecular weight is 376 g/mol. The molecule has 0 saturated heterocycles. The Morgan fingerprint density at radius 1 is 1.28 bits per heavy atom. The predicted molar refractivity (Wildman–Crippen MR) is 80.4 cm³/mol. The largest absolute Gasteiger partial charge is 0.328 e. The van der Waals surface area contributed by atoms with Gasteiger partial charge in [-0.15, -0.1) is 0 Å². The minimum absolute atomic E-state index is 0.0350. The molecule has 1 amide bonds. The summed E-state index contributed by atoms with van der Waals surface area (Å²) in [6.07, 6.45) is 3.79. The Morgan fingerprint density at radius 3 is 2.56 bits per heavy atom. The summed E-state index contributed by atoms with van der Waals surface area (Å²) in [7, 11) is 0. The number of nitrogens with one attached hydrogen (secondary N) is 1. The summed E-state index contributed by atoms with van der Waals surface area (Å²) in [5, 5.41) is 2.98. The highest BCUT2D eigenvalue weighted by atomic mass is 79.9. The Labute approximate surface area is 124 Å². The summed E-state index contributed by atoms with van der Waals surface area (Å²) >= 11 is 6.88. The van der Waals surface area contributed by atoms with E-state index < -0.39 is 0 Å². The second kappa shape index (κ2) is 6.17. The van der Waals surface area contributed by atoms with Crippen LogP contribution in [-0.4, -0.2) is 11.9 Å². The number of para-hydroxylation sites is 1. The zero-order valence-electron chi connectivity index (χ0n) is 9.96. The highest BCUT2D eigenvalue weighted by molar-refractivity contribution is 9.11. The van der Waals surface area contributed by atoms with Gasteiger partial charge in [0.25, 0.3) is 0 Å². The van der Waals surface area contributed by atoms with E-state index >= 15 is 0 Å². The molecule has 1 aliphatic carbocycles. The number of hydrogen-bond acceptors (Lipinski definition) is 2. The fourth-order valence-corrected chi connectivity index (χ4v) is 3.50. The molecule has 1 aliphatic rings. The van der Waals surface area contributed by atoms with Crippen molar-refractivity contribution in [2.45, 2.75) is 31.7 Å². The average Bonchev–Trinajstić information content (AvgIpc) is 2.34. The summed E-state index contributed by atoms with van der Waals surface area (Å²) in [5.74, 6) is 0.102. The highest BCUT2D eigenvalue weighted by Gasteiger charge is 2.26. The Hall–Kier alpha value is -0.390. The van der Waals surface area contributed by atoms with Gasteiger partial charge in [-0.25, -0.2) is 0 Å². The summed E-state index contributed by atoms with van der Waals surface area (Å²) in [4.78, 5) is 12.2. The number of amides is 1. The number of anilines is 1. The number of hydrogen-bond donors (Lipinski definition) is 2. The van der Waals surface area contributed by atoms with E-state index in [-0.39, 0.29) is 17.9 Å². The van der Waals surface area contributed by atoms with Gasteiger partial charge < -0.3 is 11.1 Å². The first-order chi connectivity index (χ1) is 8.58. The van der Waals surface area contributed by atoms with Crippen LogP contribution in [0.25, 0.3) is 0 Å². The van der Waals surface area contributed by atoms with Gasteiger partial charge in [0, 0.05) is 20.9 Å². The molecule has 0 radical (unpaired) electrons. The van der Waals surface area contributed by atoms with Gasteiger partial charge in [-0.1, -0.05) is 12.5 Å². The third-order valence-electron chi connectivity index (χ3n) is 3.30. The minimum atomic E-state index is 0.0350. The smallest absolute Gasteiger partial charge is 0.227 e. The van der Waals surface area contributed by atoms with Gasteiger partial charge in [-0.05, 0) is 63.3 Å². The Kier molecular flexibility index (Phi) is 4.81. The van der Waals surface area contributed by atoms with E-state index in [1.807, 2.05) is 18.2 Å². The van der Waals surface area contributed by atoms with Gasteiger partial charge in [0.2, 0.25) is 5.91 Å². The second-order valence-electron chi connectivity index (χ2n) is 4.71. The Bertz CT molecular complexity index is 430. The van der Waals surface area contributed by atoms with Crippen molar-refractivity contribution >= 4 is 43.5 Å². The summed E-state index contributed by atoms with van der Waals surface area (Å²) < 4.78 is 1.76. The van der Waals surface area contributed by atoms with Gasteiger partial charge in [-0.3, -0.25) is 4.79 Å². The van der Waals surface area contributed by atoms with Gasteiger partial charge in [0.15, 0.2) is 0 Å². The normalized spacial score (nSPS) is 23.7. The van der Waals surface area contributed by atoms with Crippen LogP contribution in [0.4, 0.5) is 5.69 Å². The third kappa shape index (κ3) is 3.33. The molecule has 0 spiro atoms.